The molecule has 2 aromatic heterocycles. The Morgan fingerprint density at radius 1 is 1.09 bits per heavy atom. The summed E-state index contributed by atoms with van der Waals surface area (Å²) in [6.45, 7) is 16.7. The maximum Gasteiger partial charge on any atom is 0.338 e. The lowest BCUT2D eigenvalue weighted by molar-refractivity contribution is -0.135. The first kappa shape index (κ1) is 30.4. The van der Waals surface area contributed by atoms with Crippen molar-refractivity contribution in [3.05, 3.63) is 74.3 Å². The van der Waals surface area contributed by atoms with Gasteiger partial charge in [-0.15, -0.1) is 0 Å². The molecule has 0 spiro atoms. The molecule has 1 saturated heterocycles. The summed E-state index contributed by atoms with van der Waals surface area (Å²) in [6, 6.07) is 0. The van der Waals surface area contributed by atoms with Crippen molar-refractivity contribution in [1.82, 2.24) is 15.3 Å². The van der Waals surface area contributed by atoms with E-state index >= 15 is 0 Å². The SMILES string of the molecule is C=Cc1c2[nH]c(c1C)C=C1NC(=C(CC(=O)O)c3[nH]c(c(C)c3C(=O)O)CC3=C(CC)C(C)C(=N3)C2)[C@@H](CCCC)[C@@H]1C. The first-order chi connectivity index (χ1) is 20.5. The van der Waals surface area contributed by atoms with Crippen LogP contribution in [0.2, 0.25) is 0 Å². The monoisotopic (exact) mass is 584 g/mol. The largest absolute Gasteiger partial charge is 0.481 e. The fraction of sp³-hybridized carbons (Fsp3) is 0.457. The van der Waals surface area contributed by atoms with Gasteiger partial charge in [0.2, 0.25) is 0 Å². The molecule has 43 heavy (non-hydrogen) atoms. The van der Waals surface area contributed by atoms with Gasteiger partial charge < -0.3 is 25.5 Å². The van der Waals surface area contributed by atoms with Gasteiger partial charge in [-0.05, 0) is 55.0 Å². The average molecular weight is 585 g/mol. The van der Waals surface area contributed by atoms with Gasteiger partial charge in [-0.2, -0.15) is 0 Å². The van der Waals surface area contributed by atoms with Crippen molar-refractivity contribution in [1.29, 1.82) is 0 Å². The number of unbranched alkanes of at least 4 members (excludes halogenated alkanes) is 1. The molecule has 0 aliphatic carbocycles. The Morgan fingerprint density at radius 2 is 1.84 bits per heavy atom. The molecule has 228 valence electrons. The normalized spacial score (nSPS) is 21.6. The highest BCUT2D eigenvalue weighted by Gasteiger charge is 2.37. The number of carboxylic acids is 2. The topological polar surface area (TPSA) is 131 Å². The summed E-state index contributed by atoms with van der Waals surface area (Å²) in [5.41, 5.74) is 11.7. The third-order valence-corrected chi connectivity index (χ3v) is 9.81. The van der Waals surface area contributed by atoms with Gasteiger partial charge in [0.1, 0.15) is 0 Å². The maximum atomic E-state index is 12.8. The highest BCUT2D eigenvalue weighted by atomic mass is 16.4. The predicted molar refractivity (Wildman–Crippen MR) is 172 cm³/mol. The molecule has 8 bridgehead atoms. The van der Waals surface area contributed by atoms with E-state index in [1.165, 1.54) is 5.57 Å². The number of fused-ring (bicyclic) bond motifs is 7. The van der Waals surface area contributed by atoms with E-state index in [1.54, 1.807) is 0 Å². The van der Waals surface area contributed by atoms with Crippen LogP contribution in [0.4, 0.5) is 0 Å². The number of carboxylic acid groups (broad SMARTS) is 2. The minimum atomic E-state index is -1.07. The first-order valence-electron chi connectivity index (χ1n) is 15.5. The summed E-state index contributed by atoms with van der Waals surface area (Å²) >= 11 is 0. The van der Waals surface area contributed by atoms with Gasteiger partial charge in [0.15, 0.2) is 0 Å². The number of aliphatic imine (C=N–C) groups is 1. The van der Waals surface area contributed by atoms with Crippen LogP contribution in [0.3, 0.4) is 0 Å². The zero-order valence-electron chi connectivity index (χ0n) is 26.2. The van der Waals surface area contributed by atoms with Gasteiger partial charge in [-0.3, -0.25) is 9.79 Å². The Labute approximate surface area is 253 Å². The first-order valence-corrected chi connectivity index (χ1v) is 15.5. The standard InChI is InChI=1S/C35H44N4O4/c1-8-11-12-23-19(6)27-14-25-17(4)21(9-2)29(36-25)15-26-18(5)22(10-3)30(37-26)16-28-20(7)32(35(42)43)34(39-28)24(13-31(40)41)33(23)38-27/h9,14,18-19,23,36,38-39H,2,8,10-13,15-16H2,1,3-7H3,(H,40,41)(H,42,43)/t18?,19-,23-/m0/s1. The van der Waals surface area contributed by atoms with Gasteiger partial charge in [0.05, 0.1) is 17.7 Å². The number of aromatic nitrogens is 2. The van der Waals surface area contributed by atoms with E-state index in [2.05, 4.69) is 62.6 Å². The Morgan fingerprint density at radius 3 is 2.47 bits per heavy atom. The summed E-state index contributed by atoms with van der Waals surface area (Å²) in [6.07, 6.45) is 8.57. The molecule has 2 aromatic rings. The number of aromatic amines is 2. The number of hydrogen-bond acceptors (Lipinski definition) is 4. The van der Waals surface area contributed by atoms with Crippen LogP contribution >= 0.6 is 0 Å². The highest BCUT2D eigenvalue weighted by molar-refractivity contribution is 5.99. The zero-order valence-corrected chi connectivity index (χ0v) is 26.2. The Hall–Kier alpha value is -4.07. The number of rotatable bonds is 8. The molecule has 1 unspecified atom stereocenters. The van der Waals surface area contributed by atoms with Crippen LogP contribution in [-0.2, 0) is 17.6 Å². The minimum absolute atomic E-state index is 0.0235. The number of nitrogens with zero attached hydrogens (tertiary/aromatic N) is 1. The van der Waals surface area contributed by atoms with E-state index in [-0.39, 0.29) is 29.7 Å². The Bertz CT molecular complexity index is 1630. The molecule has 3 atom stereocenters. The maximum absolute atomic E-state index is 12.8. The van der Waals surface area contributed by atoms with E-state index in [4.69, 9.17) is 4.99 Å². The summed E-state index contributed by atoms with van der Waals surface area (Å²) < 4.78 is 0. The minimum Gasteiger partial charge on any atom is -0.481 e. The number of aliphatic carboxylic acids is 1. The summed E-state index contributed by atoms with van der Waals surface area (Å²) in [4.78, 5) is 37.3. The van der Waals surface area contributed by atoms with Crippen LogP contribution < -0.4 is 5.32 Å². The molecule has 0 radical (unpaired) electrons. The fourth-order valence-corrected chi connectivity index (χ4v) is 7.31. The number of hydrogen-bond donors (Lipinski definition) is 5. The van der Waals surface area contributed by atoms with Crippen molar-refractivity contribution in [3.63, 3.8) is 0 Å². The van der Waals surface area contributed by atoms with Gasteiger partial charge in [0, 0.05) is 76.1 Å². The van der Waals surface area contributed by atoms with Crippen molar-refractivity contribution >= 4 is 35.4 Å². The van der Waals surface area contributed by atoms with Crippen molar-refractivity contribution in [2.75, 3.05) is 0 Å². The van der Waals surface area contributed by atoms with Crippen LogP contribution in [0, 0.1) is 31.6 Å². The van der Waals surface area contributed by atoms with Crippen molar-refractivity contribution in [3.8, 4) is 0 Å². The third-order valence-electron chi connectivity index (χ3n) is 9.81. The molecular formula is C35H44N4O4. The Balaban J connectivity index is 1.83. The van der Waals surface area contributed by atoms with E-state index in [0.717, 1.165) is 76.7 Å². The molecule has 0 saturated carbocycles. The van der Waals surface area contributed by atoms with Crippen LogP contribution in [0.15, 0.2) is 34.2 Å². The summed E-state index contributed by atoms with van der Waals surface area (Å²) in [5.74, 6) is -1.80. The van der Waals surface area contributed by atoms with Crippen molar-refractivity contribution in [2.45, 2.75) is 86.5 Å². The quantitative estimate of drug-likeness (QED) is 0.220. The molecular weight excluding hydrogens is 540 g/mol. The lowest BCUT2D eigenvalue weighted by Gasteiger charge is -2.19. The highest BCUT2D eigenvalue weighted by Crippen LogP contribution is 2.43. The molecule has 0 aromatic carbocycles. The number of nitrogens with one attached hydrogen (secondary N) is 3. The molecule has 0 amide bonds. The molecule has 3 aliphatic rings. The second kappa shape index (κ2) is 11.9. The summed E-state index contributed by atoms with van der Waals surface area (Å²) in [7, 11) is 0. The fourth-order valence-electron chi connectivity index (χ4n) is 7.31. The third kappa shape index (κ3) is 5.32. The van der Waals surface area contributed by atoms with Gasteiger partial charge in [-0.1, -0.05) is 53.2 Å². The van der Waals surface area contributed by atoms with Crippen LogP contribution in [-0.4, -0.2) is 37.8 Å². The van der Waals surface area contributed by atoms with E-state index in [1.807, 2.05) is 13.0 Å². The van der Waals surface area contributed by atoms with Crippen LogP contribution in [0.1, 0.15) is 110 Å². The van der Waals surface area contributed by atoms with E-state index in [0.29, 0.717) is 29.7 Å². The second-order valence-electron chi connectivity index (χ2n) is 12.3. The number of carbonyl (C=O) groups is 2. The molecule has 5 rings (SSSR count). The molecule has 5 heterocycles. The Kier molecular flexibility index (Phi) is 8.41. The zero-order chi connectivity index (χ0) is 31.2. The molecule has 8 heteroatoms. The van der Waals surface area contributed by atoms with Gasteiger partial charge >= 0.3 is 11.9 Å². The number of H-pyrrole nitrogens is 2. The molecule has 1 fully saturated rings. The number of aromatic carboxylic acids is 1. The van der Waals surface area contributed by atoms with Gasteiger partial charge in [-0.25, -0.2) is 4.79 Å². The van der Waals surface area contributed by atoms with Gasteiger partial charge in [0.25, 0.3) is 0 Å². The van der Waals surface area contributed by atoms with E-state index < -0.39 is 11.9 Å². The molecule has 5 N–H and O–H groups in total. The smallest absolute Gasteiger partial charge is 0.338 e. The lowest BCUT2D eigenvalue weighted by Crippen LogP contribution is -2.15. The van der Waals surface area contributed by atoms with Crippen molar-refractivity contribution < 1.29 is 19.8 Å². The predicted octanol–water partition coefficient (Wildman–Crippen LogP) is 7.43. The molecule has 3 aliphatic heterocycles. The summed E-state index contributed by atoms with van der Waals surface area (Å²) in [5, 5.41) is 24.1. The lowest BCUT2D eigenvalue weighted by atomic mass is 9.85. The van der Waals surface area contributed by atoms with Crippen LogP contribution in [0.25, 0.3) is 17.7 Å². The average Bonchev–Trinajstić information content (AvgIpc) is 3.63. The second-order valence-corrected chi connectivity index (χ2v) is 12.3. The van der Waals surface area contributed by atoms with E-state index in [9.17, 15) is 19.8 Å². The molecule has 8 nitrogen and oxygen atoms in total. The van der Waals surface area contributed by atoms with Crippen LogP contribution in [0.5, 0.6) is 0 Å². The number of allylic oxidation sites excluding steroid dienone is 4. The van der Waals surface area contributed by atoms with Crippen molar-refractivity contribution in [2.24, 2.45) is 22.7 Å².